The highest BCUT2D eigenvalue weighted by Gasteiger charge is 2.12. The van der Waals surface area contributed by atoms with Crippen LogP contribution in [0.3, 0.4) is 0 Å². The summed E-state index contributed by atoms with van der Waals surface area (Å²) in [6, 6.07) is 21.0. The number of carbonyl (C=O) groups excluding carboxylic acids is 2. The molecule has 0 aliphatic rings. The molecule has 0 saturated heterocycles. The zero-order valence-corrected chi connectivity index (χ0v) is 19.7. The summed E-state index contributed by atoms with van der Waals surface area (Å²) in [6.45, 7) is 0. The number of benzene rings is 2. The van der Waals surface area contributed by atoms with Crippen LogP contribution in [0.1, 0.15) is 31.2 Å². The molecule has 1 N–H and O–H groups in total. The summed E-state index contributed by atoms with van der Waals surface area (Å²) in [5.74, 6) is 5.18. The summed E-state index contributed by atoms with van der Waals surface area (Å²) in [7, 11) is -2.88. The first-order chi connectivity index (χ1) is 16.4. The van der Waals surface area contributed by atoms with Gasteiger partial charge >= 0.3 is 0 Å². The number of hydrogen-bond donors (Lipinski definition) is 1. The fraction of sp³-hybridized carbons (Fsp3) is 0.0385. The molecule has 8 heteroatoms. The molecule has 4 rings (SSSR count). The van der Waals surface area contributed by atoms with Crippen molar-refractivity contribution >= 4 is 38.6 Å². The number of rotatable bonds is 4. The summed E-state index contributed by atoms with van der Waals surface area (Å²) < 4.78 is 16.8. The molecule has 6 nitrogen and oxygen atoms in total. The predicted molar refractivity (Wildman–Crippen MR) is 134 cm³/mol. The molecule has 0 aliphatic heterocycles. The number of amides is 2. The highest BCUT2D eigenvalue weighted by Crippen LogP contribution is 2.15. The maximum absolute atomic E-state index is 12.9. The van der Waals surface area contributed by atoms with Gasteiger partial charge in [-0.25, -0.2) is 4.21 Å². The zero-order valence-electron chi connectivity index (χ0n) is 18.1. The van der Waals surface area contributed by atoms with Crippen LogP contribution in [-0.2, 0) is 9.73 Å². The molecular formula is C26H19N3O3S2. The van der Waals surface area contributed by atoms with Gasteiger partial charge in [-0.05, 0) is 47.8 Å². The lowest BCUT2D eigenvalue weighted by Crippen LogP contribution is -2.09. The lowest BCUT2D eigenvalue weighted by atomic mass is 10.1. The van der Waals surface area contributed by atoms with E-state index in [0.29, 0.717) is 26.6 Å². The van der Waals surface area contributed by atoms with Crippen LogP contribution in [0.15, 0.2) is 99.8 Å². The molecule has 2 amide bonds. The minimum Gasteiger partial charge on any atom is -0.321 e. The standard InChI is InChI=1S/C26H19N3O3S2/c1-34(32,23-9-3-2-4-10-23)29-25(30)21-15-20(17-27-18-21)13-12-19-7-5-8-22(16-19)28-26(31)24-11-6-14-33-24/h2-11,14-18H,1H3,(H,28,31). The van der Waals surface area contributed by atoms with Gasteiger partial charge in [0.15, 0.2) is 0 Å². The van der Waals surface area contributed by atoms with Crippen molar-refractivity contribution in [2.75, 3.05) is 11.6 Å². The Morgan fingerprint density at radius 3 is 2.50 bits per heavy atom. The van der Waals surface area contributed by atoms with E-state index in [1.54, 1.807) is 60.7 Å². The van der Waals surface area contributed by atoms with Crippen LogP contribution in [-0.4, -0.2) is 27.3 Å². The van der Waals surface area contributed by atoms with Gasteiger partial charge in [-0.2, -0.15) is 4.36 Å². The maximum atomic E-state index is 12.9. The van der Waals surface area contributed by atoms with E-state index in [1.807, 2.05) is 17.5 Å². The highest BCUT2D eigenvalue weighted by molar-refractivity contribution is 7.93. The van der Waals surface area contributed by atoms with E-state index < -0.39 is 15.6 Å². The largest absolute Gasteiger partial charge is 0.321 e. The molecule has 1 atom stereocenters. The van der Waals surface area contributed by atoms with Crippen LogP contribution in [0.4, 0.5) is 5.69 Å². The van der Waals surface area contributed by atoms with E-state index >= 15 is 0 Å². The Hall–Kier alpha value is -4.06. The van der Waals surface area contributed by atoms with Crippen LogP contribution >= 0.6 is 11.3 Å². The van der Waals surface area contributed by atoms with E-state index in [0.717, 1.165) is 0 Å². The average molecular weight is 486 g/mol. The van der Waals surface area contributed by atoms with Crippen LogP contribution in [0.5, 0.6) is 0 Å². The molecule has 2 heterocycles. The molecule has 168 valence electrons. The summed E-state index contributed by atoms with van der Waals surface area (Å²) in [5.41, 5.74) is 2.03. The Balaban J connectivity index is 1.52. The van der Waals surface area contributed by atoms with Crippen LogP contribution in [0.2, 0.25) is 0 Å². The number of anilines is 1. The van der Waals surface area contributed by atoms with Crippen molar-refractivity contribution in [1.82, 2.24) is 4.98 Å². The Labute approximate surface area is 201 Å². The lowest BCUT2D eigenvalue weighted by Gasteiger charge is -2.04. The van der Waals surface area contributed by atoms with Crippen molar-refractivity contribution < 1.29 is 13.8 Å². The summed E-state index contributed by atoms with van der Waals surface area (Å²) in [4.78, 5) is 30.1. The normalized spacial score (nSPS) is 12.0. The molecular weight excluding hydrogens is 466 g/mol. The number of thiophene rings is 1. The van der Waals surface area contributed by atoms with E-state index in [2.05, 4.69) is 26.5 Å². The molecule has 0 radical (unpaired) electrons. The van der Waals surface area contributed by atoms with E-state index in [-0.39, 0.29) is 11.5 Å². The third-order valence-electron chi connectivity index (χ3n) is 4.64. The first-order valence-electron chi connectivity index (χ1n) is 10.1. The summed E-state index contributed by atoms with van der Waals surface area (Å²) >= 11 is 1.37. The molecule has 2 aromatic heterocycles. The second kappa shape index (κ2) is 10.3. The van der Waals surface area contributed by atoms with E-state index in [4.69, 9.17) is 0 Å². The van der Waals surface area contributed by atoms with Gasteiger partial charge in [-0.15, -0.1) is 11.3 Å². The third-order valence-corrected chi connectivity index (χ3v) is 7.17. The average Bonchev–Trinajstić information content (AvgIpc) is 3.39. The van der Waals surface area contributed by atoms with Gasteiger partial charge in [0.2, 0.25) is 0 Å². The van der Waals surface area contributed by atoms with Gasteiger partial charge in [0.05, 0.1) is 20.2 Å². The number of nitrogens with one attached hydrogen (secondary N) is 1. The van der Waals surface area contributed by atoms with Crippen molar-refractivity contribution in [3.05, 3.63) is 112 Å². The Bertz CT molecular complexity index is 1530. The van der Waals surface area contributed by atoms with Crippen molar-refractivity contribution in [3.63, 3.8) is 0 Å². The molecule has 34 heavy (non-hydrogen) atoms. The molecule has 0 aliphatic carbocycles. The number of carbonyl (C=O) groups is 2. The van der Waals surface area contributed by atoms with Gasteiger partial charge in [-0.3, -0.25) is 14.6 Å². The van der Waals surface area contributed by atoms with Gasteiger partial charge in [0.1, 0.15) is 0 Å². The minimum atomic E-state index is -2.88. The maximum Gasteiger partial charge on any atom is 0.286 e. The van der Waals surface area contributed by atoms with Gasteiger partial charge in [0, 0.05) is 40.4 Å². The molecule has 0 spiro atoms. The molecule has 0 bridgehead atoms. The number of hydrogen-bond acceptors (Lipinski definition) is 5. The van der Waals surface area contributed by atoms with Crippen molar-refractivity contribution in [3.8, 4) is 11.8 Å². The van der Waals surface area contributed by atoms with Gasteiger partial charge < -0.3 is 5.32 Å². The lowest BCUT2D eigenvalue weighted by molar-refractivity contribution is 0.100. The van der Waals surface area contributed by atoms with Crippen molar-refractivity contribution in [1.29, 1.82) is 0 Å². The second-order valence-electron chi connectivity index (χ2n) is 7.24. The monoisotopic (exact) mass is 485 g/mol. The second-order valence-corrected chi connectivity index (χ2v) is 10.4. The zero-order chi connectivity index (χ0) is 24.0. The quantitative estimate of drug-likeness (QED) is 0.408. The van der Waals surface area contributed by atoms with Gasteiger partial charge in [-0.1, -0.05) is 42.2 Å². The van der Waals surface area contributed by atoms with E-state index in [1.165, 1.54) is 30.0 Å². The minimum absolute atomic E-state index is 0.178. The smallest absolute Gasteiger partial charge is 0.286 e. The van der Waals surface area contributed by atoms with E-state index in [9.17, 15) is 13.8 Å². The summed E-state index contributed by atoms with van der Waals surface area (Å²) in [6.07, 6.45) is 4.34. The Morgan fingerprint density at radius 1 is 0.941 bits per heavy atom. The fourth-order valence-electron chi connectivity index (χ4n) is 2.98. The SMILES string of the molecule is CS(=O)(=NC(=O)c1cncc(C#Cc2cccc(NC(=O)c3cccs3)c2)c1)c1ccccc1. The predicted octanol–water partition coefficient (Wildman–Crippen LogP) is 5.09. The van der Waals surface area contributed by atoms with Gasteiger partial charge in [0.25, 0.3) is 11.8 Å². The van der Waals surface area contributed by atoms with Crippen molar-refractivity contribution in [2.24, 2.45) is 4.36 Å². The van der Waals surface area contributed by atoms with Crippen molar-refractivity contribution in [2.45, 2.75) is 4.90 Å². The number of aromatic nitrogens is 1. The molecule has 4 aromatic rings. The first kappa shape index (κ1) is 23.1. The van der Waals surface area contributed by atoms with Crippen LogP contribution < -0.4 is 5.32 Å². The molecule has 2 aromatic carbocycles. The molecule has 0 saturated carbocycles. The number of nitrogens with zero attached hydrogens (tertiary/aromatic N) is 2. The van der Waals surface area contributed by atoms with Crippen LogP contribution in [0, 0.1) is 11.8 Å². The van der Waals surface area contributed by atoms with Crippen LogP contribution in [0.25, 0.3) is 0 Å². The molecule has 1 unspecified atom stereocenters. The highest BCUT2D eigenvalue weighted by atomic mass is 32.2. The third kappa shape index (κ3) is 5.84. The fourth-order valence-corrected chi connectivity index (χ4v) is 4.79. The summed E-state index contributed by atoms with van der Waals surface area (Å²) in [5, 5.41) is 4.69. The number of pyridine rings is 1. The topological polar surface area (TPSA) is 88.5 Å². The molecule has 0 fully saturated rings. The first-order valence-corrected chi connectivity index (χ1v) is 12.9. The Kier molecular flexibility index (Phi) is 6.97. The Morgan fingerprint density at radius 2 is 1.74 bits per heavy atom.